The smallest absolute Gasteiger partial charge is 0.103 e. The molecule has 0 bridgehead atoms. The van der Waals surface area contributed by atoms with Gasteiger partial charge in [0, 0.05) is 19.8 Å². The van der Waals surface area contributed by atoms with Crippen LogP contribution >= 0.6 is 0 Å². The summed E-state index contributed by atoms with van der Waals surface area (Å²) in [7, 11) is 1.84. The van der Waals surface area contributed by atoms with Crippen molar-refractivity contribution in [3.8, 4) is 6.07 Å². The molecule has 4 heteroatoms. The molecular formula is C13H24N2O2. The fraction of sp³-hybridized carbons (Fsp3) is 0.923. The summed E-state index contributed by atoms with van der Waals surface area (Å²) in [5, 5.41) is 12.0. The Morgan fingerprint density at radius 2 is 2.12 bits per heavy atom. The molecule has 0 saturated carbocycles. The Bertz CT molecular complexity index is 246. The van der Waals surface area contributed by atoms with Crippen LogP contribution in [-0.2, 0) is 9.47 Å². The van der Waals surface area contributed by atoms with Crippen molar-refractivity contribution >= 4 is 0 Å². The van der Waals surface area contributed by atoms with Gasteiger partial charge in [0.25, 0.3) is 0 Å². The summed E-state index contributed by atoms with van der Waals surface area (Å²) in [5.74, 6) is 0. The predicted molar refractivity (Wildman–Crippen MR) is 66.7 cm³/mol. The summed E-state index contributed by atoms with van der Waals surface area (Å²) >= 11 is 0. The zero-order valence-electron chi connectivity index (χ0n) is 11.0. The Morgan fingerprint density at radius 3 is 2.71 bits per heavy atom. The van der Waals surface area contributed by atoms with E-state index in [2.05, 4.69) is 11.4 Å². The molecule has 0 aliphatic carbocycles. The van der Waals surface area contributed by atoms with Crippen LogP contribution in [0.4, 0.5) is 0 Å². The highest BCUT2D eigenvalue weighted by Crippen LogP contribution is 2.14. The molecule has 1 heterocycles. The maximum atomic E-state index is 8.99. The van der Waals surface area contributed by atoms with Crippen molar-refractivity contribution < 1.29 is 9.47 Å². The molecule has 4 nitrogen and oxygen atoms in total. The number of rotatable bonds is 7. The van der Waals surface area contributed by atoms with Gasteiger partial charge >= 0.3 is 0 Å². The Labute approximate surface area is 104 Å². The molecule has 1 rings (SSSR count). The number of hydrogen-bond donors (Lipinski definition) is 1. The molecule has 1 atom stereocenters. The van der Waals surface area contributed by atoms with Crippen LogP contribution in [0.5, 0.6) is 0 Å². The number of unbranched alkanes of at least 4 members (excludes halogenated alkanes) is 1. The lowest BCUT2D eigenvalue weighted by atomic mass is 9.97. The summed E-state index contributed by atoms with van der Waals surface area (Å²) in [5.41, 5.74) is -0.390. The van der Waals surface area contributed by atoms with Crippen LogP contribution in [0.1, 0.15) is 39.0 Å². The molecule has 17 heavy (non-hydrogen) atoms. The van der Waals surface area contributed by atoms with E-state index < -0.39 is 5.54 Å². The van der Waals surface area contributed by atoms with Gasteiger partial charge in [0.2, 0.25) is 0 Å². The SMILES string of the molecule is CNC(C)(C#N)CCCCOC1CCOCC1. The number of nitriles is 1. The van der Waals surface area contributed by atoms with E-state index in [9.17, 15) is 0 Å². The summed E-state index contributed by atoms with van der Waals surface area (Å²) in [6.07, 6.45) is 5.34. The second kappa shape index (κ2) is 7.65. The molecule has 1 N–H and O–H groups in total. The van der Waals surface area contributed by atoms with Crippen LogP contribution in [0.25, 0.3) is 0 Å². The number of nitrogens with zero attached hydrogens (tertiary/aromatic N) is 1. The summed E-state index contributed by atoms with van der Waals surface area (Å²) in [6.45, 7) is 4.40. The fourth-order valence-electron chi connectivity index (χ4n) is 1.91. The van der Waals surface area contributed by atoms with Crippen molar-refractivity contribution in [1.82, 2.24) is 5.32 Å². The second-order valence-corrected chi connectivity index (χ2v) is 4.83. The van der Waals surface area contributed by atoms with Crippen molar-refractivity contribution in [3.63, 3.8) is 0 Å². The van der Waals surface area contributed by atoms with E-state index in [0.717, 1.165) is 51.9 Å². The molecule has 1 fully saturated rings. The highest BCUT2D eigenvalue weighted by molar-refractivity contribution is 5.02. The van der Waals surface area contributed by atoms with Gasteiger partial charge in [0.05, 0.1) is 12.2 Å². The highest BCUT2D eigenvalue weighted by Gasteiger charge is 2.20. The zero-order chi connectivity index (χ0) is 12.6. The topological polar surface area (TPSA) is 54.3 Å². The van der Waals surface area contributed by atoms with Gasteiger partial charge < -0.3 is 14.8 Å². The fourth-order valence-corrected chi connectivity index (χ4v) is 1.91. The molecule has 1 aliphatic heterocycles. The normalized spacial score (nSPS) is 20.8. The first kappa shape index (κ1) is 14.4. The maximum absolute atomic E-state index is 8.99. The summed E-state index contributed by atoms with van der Waals surface area (Å²) < 4.78 is 11.1. The quantitative estimate of drug-likeness (QED) is 0.690. The molecule has 0 spiro atoms. The standard InChI is InChI=1S/C13H24N2O2/c1-13(11-14,15-2)7-3-4-8-17-12-5-9-16-10-6-12/h12,15H,3-10H2,1-2H3. The van der Waals surface area contributed by atoms with E-state index in [1.54, 1.807) is 0 Å². The molecule has 0 radical (unpaired) electrons. The summed E-state index contributed by atoms with van der Waals surface area (Å²) in [4.78, 5) is 0. The molecule has 1 unspecified atom stereocenters. The van der Waals surface area contributed by atoms with Crippen LogP contribution < -0.4 is 5.32 Å². The zero-order valence-corrected chi connectivity index (χ0v) is 11.0. The van der Waals surface area contributed by atoms with Crippen LogP contribution in [0.2, 0.25) is 0 Å². The Hall–Kier alpha value is -0.630. The lowest BCUT2D eigenvalue weighted by Crippen LogP contribution is -2.37. The summed E-state index contributed by atoms with van der Waals surface area (Å²) in [6, 6.07) is 2.30. The van der Waals surface area contributed by atoms with E-state index in [0.29, 0.717) is 6.10 Å². The Morgan fingerprint density at radius 1 is 1.41 bits per heavy atom. The lowest BCUT2D eigenvalue weighted by Gasteiger charge is -2.23. The largest absolute Gasteiger partial charge is 0.381 e. The van der Waals surface area contributed by atoms with Gasteiger partial charge in [0.1, 0.15) is 5.54 Å². The van der Waals surface area contributed by atoms with E-state index in [4.69, 9.17) is 14.7 Å². The van der Waals surface area contributed by atoms with Gasteiger partial charge in [-0.15, -0.1) is 0 Å². The van der Waals surface area contributed by atoms with Crippen LogP contribution in [-0.4, -0.2) is 38.5 Å². The molecule has 0 aromatic heterocycles. The molecule has 98 valence electrons. The van der Waals surface area contributed by atoms with Crippen LogP contribution in [0.3, 0.4) is 0 Å². The number of nitrogens with one attached hydrogen (secondary N) is 1. The van der Waals surface area contributed by atoms with Gasteiger partial charge in [-0.3, -0.25) is 0 Å². The predicted octanol–water partition coefficient (Wildman–Crippen LogP) is 1.85. The van der Waals surface area contributed by atoms with Crippen molar-refractivity contribution in [2.45, 2.75) is 50.7 Å². The minimum atomic E-state index is -0.390. The van der Waals surface area contributed by atoms with Crippen molar-refractivity contribution in [2.75, 3.05) is 26.9 Å². The van der Waals surface area contributed by atoms with Crippen molar-refractivity contribution in [1.29, 1.82) is 5.26 Å². The third-order valence-corrected chi connectivity index (χ3v) is 3.39. The first-order valence-corrected chi connectivity index (χ1v) is 6.50. The molecule has 1 saturated heterocycles. The van der Waals surface area contributed by atoms with E-state index >= 15 is 0 Å². The van der Waals surface area contributed by atoms with Crippen LogP contribution in [0.15, 0.2) is 0 Å². The van der Waals surface area contributed by atoms with Crippen LogP contribution in [0, 0.1) is 11.3 Å². The average Bonchev–Trinajstić information content (AvgIpc) is 2.39. The minimum absolute atomic E-state index is 0.385. The minimum Gasteiger partial charge on any atom is -0.381 e. The van der Waals surface area contributed by atoms with E-state index in [1.165, 1.54) is 0 Å². The molecular weight excluding hydrogens is 216 g/mol. The van der Waals surface area contributed by atoms with Gasteiger partial charge in [-0.25, -0.2) is 0 Å². The first-order valence-electron chi connectivity index (χ1n) is 6.50. The van der Waals surface area contributed by atoms with Crippen molar-refractivity contribution in [3.05, 3.63) is 0 Å². The lowest BCUT2D eigenvalue weighted by molar-refractivity contribution is -0.0328. The van der Waals surface area contributed by atoms with E-state index in [-0.39, 0.29) is 0 Å². The third kappa shape index (κ3) is 5.49. The molecule has 0 amide bonds. The average molecular weight is 240 g/mol. The van der Waals surface area contributed by atoms with Gasteiger partial charge in [-0.2, -0.15) is 5.26 Å². The second-order valence-electron chi connectivity index (χ2n) is 4.83. The first-order chi connectivity index (χ1) is 8.20. The maximum Gasteiger partial charge on any atom is 0.103 e. The highest BCUT2D eigenvalue weighted by atomic mass is 16.5. The third-order valence-electron chi connectivity index (χ3n) is 3.39. The Kier molecular flexibility index (Phi) is 6.49. The van der Waals surface area contributed by atoms with Gasteiger partial charge in [-0.05, 0) is 46.1 Å². The molecule has 0 aromatic rings. The van der Waals surface area contributed by atoms with Gasteiger partial charge in [-0.1, -0.05) is 0 Å². The number of hydrogen-bond acceptors (Lipinski definition) is 4. The number of ether oxygens (including phenoxy) is 2. The molecule has 1 aliphatic rings. The van der Waals surface area contributed by atoms with Crippen molar-refractivity contribution in [2.24, 2.45) is 0 Å². The Balaban J connectivity index is 2.02. The van der Waals surface area contributed by atoms with Gasteiger partial charge in [0.15, 0.2) is 0 Å². The monoisotopic (exact) mass is 240 g/mol. The van der Waals surface area contributed by atoms with E-state index in [1.807, 2.05) is 14.0 Å². The molecule has 0 aromatic carbocycles.